The molecule has 1 aromatic heterocycles. The van der Waals surface area contributed by atoms with Crippen molar-refractivity contribution in [1.29, 1.82) is 0 Å². The number of hydrogen-bond donors (Lipinski definition) is 1. The minimum atomic E-state index is -1.43. The van der Waals surface area contributed by atoms with Gasteiger partial charge in [-0.15, -0.1) is 0 Å². The van der Waals surface area contributed by atoms with Gasteiger partial charge in [0, 0.05) is 25.9 Å². The third-order valence-corrected chi connectivity index (χ3v) is 4.44. The Bertz CT molecular complexity index is 897. The van der Waals surface area contributed by atoms with E-state index in [0.717, 1.165) is 5.69 Å². The van der Waals surface area contributed by atoms with Gasteiger partial charge in [0.1, 0.15) is 5.75 Å². The summed E-state index contributed by atoms with van der Waals surface area (Å²) in [6, 6.07) is 8.71. The maximum absolute atomic E-state index is 13.2. The van der Waals surface area contributed by atoms with E-state index >= 15 is 0 Å². The molecule has 1 amide bonds. The van der Waals surface area contributed by atoms with Crippen molar-refractivity contribution in [1.82, 2.24) is 9.88 Å². The first-order chi connectivity index (χ1) is 12.3. The molecule has 2 unspecified atom stereocenters. The SMILES string of the molecule is Cc1cc(C2(c3ccc(OC(C)F)c(C)c3)N=C(N)N(C)C2=O)ccn1. The normalized spacial score (nSPS) is 20.9. The largest absolute Gasteiger partial charge is 0.460 e. The molecule has 3 rings (SSSR count). The number of aromatic nitrogens is 1. The van der Waals surface area contributed by atoms with Gasteiger partial charge < -0.3 is 10.5 Å². The molecule has 1 aromatic carbocycles. The maximum Gasteiger partial charge on any atom is 0.266 e. The minimum absolute atomic E-state index is 0.139. The van der Waals surface area contributed by atoms with E-state index < -0.39 is 11.9 Å². The third-order valence-electron chi connectivity index (χ3n) is 4.44. The Morgan fingerprint density at radius 1 is 1.23 bits per heavy atom. The summed E-state index contributed by atoms with van der Waals surface area (Å²) in [5.74, 6) is 0.299. The van der Waals surface area contributed by atoms with Crippen LogP contribution in [0.3, 0.4) is 0 Å². The molecule has 0 saturated carbocycles. The van der Waals surface area contributed by atoms with E-state index in [1.54, 1.807) is 44.4 Å². The Kier molecular flexibility index (Phi) is 4.39. The van der Waals surface area contributed by atoms with Gasteiger partial charge >= 0.3 is 0 Å². The highest BCUT2D eigenvalue weighted by Gasteiger charge is 2.49. The summed E-state index contributed by atoms with van der Waals surface area (Å²) in [4.78, 5) is 23.2. The summed E-state index contributed by atoms with van der Waals surface area (Å²) < 4.78 is 18.3. The first-order valence-electron chi connectivity index (χ1n) is 8.24. The van der Waals surface area contributed by atoms with Crippen molar-refractivity contribution in [2.75, 3.05) is 7.05 Å². The van der Waals surface area contributed by atoms with Crippen molar-refractivity contribution < 1.29 is 13.9 Å². The maximum atomic E-state index is 13.2. The molecule has 0 spiro atoms. The molecule has 2 heterocycles. The lowest BCUT2D eigenvalue weighted by Crippen LogP contribution is -2.41. The first-order valence-corrected chi connectivity index (χ1v) is 8.24. The second-order valence-corrected chi connectivity index (χ2v) is 6.37. The highest BCUT2D eigenvalue weighted by Crippen LogP contribution is 2.40. The van der Waals surface area contributed by atoms with Crippen LogP contribution in [0.4, 0.5) is 4.39 Å². The number of halogens is 1. The number of nitrogens with zero attached hydrogens (tertiary/aromatic N) is 3. The van der Waals surface area contributed by atoms with Gasteiger partial charge in [-0.3, -0.25) is 14.7 Å². The number of hydrogen-bond acceptors (Lipinski definition) is 5. The molecule has 0 saturated heterocycles. The lowest BCUT2D eigenvalue weighted by atomic mass is 9.82. The van der Waals surface area contributed by atoms with Crippen molar-refractivity contribution in [2.24, 2.45) is 10.7 Å². The van der Waals surface area contributed by atoms with Crippen molar-refractivity contribution in [3.05, 3.63) is 58.9 Å². The molecule has 0 bridgehead atoms. The topological polar surface area (TPSA) is 80.8 Å². The number of rotatable bonds is 4. The zero-order chi connectivity index (χ0) is 19.1. The minimum Gasteiger partial charge on any atom is -0.460 e. The quantitative estimate of drug-likeness (QED) is 0.912. The van der Waals surface area contributed by atoms with E-state index in [2.05, 4.69) is 9.98 Å². The van der Waals surface area contributed by atoms with Gasteiger partial charge in [-0.2, -0.15) is 0 Å². The number of amides is 1. The summed E-state index contributed by atoms with van der Waals surface area (Å²) in [7, 11) is 1.59. The van der Waals surface area contributed by atoms with Crippen LogP contribution in [0.25, 0.3) is 0 Å². The predicted octanol–water partition coefficient (Wildman–Crippen LogP) is 2.42. The summed E-state index contributed by atoms with van der Waals surface area (Å²) in [6.45, 7) is 4.95. The Balaban J connectivity index is 2.21. The smallest absolute Gasteiger partial charge is 0.266 e. The zero-order valence-electron chi connectivity index (χ0n) is 15.2. The van der Waals surface area contributed by atoms with E-state index in [9.17, 15) is 9.18 Å². The van der Waals surface area contributed by atoms with E-state index in [1.807, 2.05) is 13.0 Å². The predicted molar refractivity (Wildman–Crippen MR) is 96.5 cm³/mol. The van der Waals surface area contributed by atoms with Crippen molar-refractivity contribution in [3.63, 3.8) is 0 Å². The summed E-state index contributed by atoms with van der Waals surface area (Å²) >= 11 is 0. The van der Waals surface area contributed by atoms with Gasteiger partial charge in [0.05, 0.1) is 0 Å². The molecule has 6 nitrogen and oxygen atoms in total. The fourth-order valence-electron chi connectivity index (χ4n) is 3.14. The number of nitrogens with two attached hydrogens (primary N) is 1. The number of carbonyl (C=O) groups excluding carboxylic acids is 1. The number of pyridine rings is 1. The summed E-state index contributed by atoms with van der Waals surface area (Å²) in [5, 5.41) is 0. The van der Waals surface area contributed by atoms with E-state index in [-0.39, 0.29) is 11.9 Å². The molecule has 136 valence electrons. The van der Waals surface area contributed by atoms with Crippen LogP contribution in [-0.2, 0) is 10.3 Å². The molecule has 0 radical (unpaired) electrons. The molecule has 0 aliphatic carbocycles. The second kappa shape index (κ2) is 6.40. The van der Waals surface area contributed by atoms with E-state index in [4.69, 9.17) is 10.5 Å². The molecule has 2 N–H and O–H groups in total. The molecule has 2 aromatic rings. The number of ether oxygens (including phenoxy) is 1. The fraction of sp³-hybridized carbons (Fsp3) is 0.316. The number of aryl methyl sites for hydroxylation is 2. The average Bonchev–Trinajstić information content (AvgIpc) is 2.81. The second-order valence-electron chi connectivity index (χ2n) is 6.37. The van der Waals surface area contributed by atoms with Crippen LogP contribution >= 0.6 is 0 Å². The molecule has 1 aliphatic rings. The number of alkyl halides is 1. The molecular weight excluding hydrogens is 335 g/mol. The number of guanidine groups is 1. The number of likely N-dealkylation sites (N-methyl/N-ethyl adjacent to an activating group) is 1. The lowest BCUT2D eigenvalue weighted by molar-refractivity contribution is -0.129. The zero-order valence-corrected chi connectivity index (χ0v) is 15.2. The van der Waals surface area contributed by atoms with Crippen LogP contribution in [0.1, 0.15) is 29.3 Å². The van der Waals surface area contributed by atoms with Gasteiger partial charge in [-0.25, -0.2) is 9.38 Å². The first kappa shape index (κ1) is 17.8. The Labute approximate surface area is 151 Å². The van der Waals surface area contributed by atoms with Crippen molar-refractivity contribution in [3.8, 4) is 5.75 Å². The Morgan fingerprint density at radius 3 is 2.46 bits per heavy atom. The monoisotopic (exact) mass is 356 g/mol. The molecule has 26 heavy (non-hydrogen) atoms. The number of benzene rings is 1. The fourth-order valence-corrected chi connectivity index (χ4v) is 3.14. The van der Waals surface area contributed by atoms with Gasteiger partial charge in [0.25, 0.3) is 5.91 Å². The van der Waals surface area contributed by atoms with Crippen molar-refractivity contribution >= 4 is 11.9 Å². The van der Waals surface area contributed by atoms with Crippen LogP contribution in [0, 0.1) is 13.8 Å². The Morgan fingerprint density at radius 2 is 1.92 bits per heavy atom. The van der Waals surface area contributed by atoms with E-state index in [0.29, 0.717) is 22.4 Å². The van der Waals surface area contributed by atoms with Gasteiger partial charge in [-0.1, -0.05) is 6.07 Å². The van der Waals surface area contributed by atoms with E-state index in [1.165, 1.54) is 11.8 Å². The van der Waals surface area contributed by atoms with Crippen LogP contribution < -0.4 is 10.5 Å². The van der Waals surface area contributed by atoms with Gasteiger partial charge in [0.2, 0.25) is 6.36 Å². The Hall–Kier alpha value is -2.96. The number of carbonyl (C=O) groups is 1. The number of aliphatic imine (C=N–C) groups is 1. The van der Waals surface area contributed by atoms with Crippen LogP contribution in [0.15, 0.2) is 41.5 Å². The molecule has 1 aliphatic heterocycles. The van der Waals surface area contributed by atoms with Crippen LogP contribution in [0.5, 0.6) is 5.75 Å². The summed E-state index contributed by atoms with van der Waals surface area (Å²) in [6.07, 6.45) is 0.211. The summed E-state index contributed by atoms with van der Waals surface area (Å²) in [5.41, 5.74) is 7.44. The molecule has 7 heteroatoms. The van der Waals surface area contributed by atoms with Crippen molar-refractivity contribution in [2.45, 2.75) is 32.7 Å². The molecule has 2 atom stereocenters. The third kappa shape index (κ3) is 2.79. The molecule has 0 fully saturated rings. The van der Waals surface area contributed by atoms with Crippen LogP contribution in [-0.4, -0.2) is 35.2 Å². The van der Waals surface area contributed by atoms with Gasteiger partial charge in [0.15, 0.2) is 11.5 Å². The standard InChI is InChI=1S/C19H21FN4O2/c1-11-9-14(5-6-16(11)26-13(3)20)19(15-7-8-22-12(2)10-15)17(25)24(4)18(21)23-19/h5-10,13H,1-4H3,(H2,21,23). The lowest BCUT2D eigenvalue weighted by Gasteiger charge is -2.27. The highest BCUT2D eigenvalue weighted by molar-refractivity contribution is 6.08. The van der Waals surface area contributed by atoms with Gasteiger partial charge in [-0.05, 0) is 54.8 Å². The van der Waals surface area contributed by atoms with Crippen LogP contribution in [0.2, 0.25) is 0 Å². The average molecular weight is 356 g/mol. The highest BCUT2D eigenvalue weighted by atomic mass is 19.1. The molecular formula is C19H21FN4O2.